The van der Waals surface area contributed by atoms with Gasteiger partial charge in [-0.15, -0.1) is 6.42 Å². The van der Waals surface area contributed by atoms with Crippen molar-refractivity contribution in [3.63, 3.8) is 0 Å². The van der Waals surface area contributed by atoms with Gasteiger partial charge in [-0.3, -0.25) is 4.79 Å². The van der Waals surface area contributed by atoms with Crippen LogP contribution in [0.5, 0.6) is 0 Å². The monoisotopic (exact) mass is 383 g/mol. The molecular formula is C16H18INO2. The Kier molecular flexibility index (Phi) is 5.86. The van der Waals surface area contributed by atoms with E-state index in [-0.39, 0.29) is 5.91 Å². The van der Waals surface area contributed by atoms with Gasteiger partial charge in [0.1, 0.15) is 6.61 Å². The minimum Gasteiger partial charge on any atom is -0.368 e. The summed E-state index contributed by atoms with van der Waals surface area (Å²) in [5, 5.41) is 0. The Morgan fingerprint density at radius 1 is 1.50 bits per heavy atom. The molecule has 4 heteroatoms. The number of rotatable bonds is 4. The van der Waals surface area contributed by atoms with Gasteiger partial charge in [0.2, 0.25) is 0 Å². The summed E-state index contributed by atoms with van der Waals surface area (Å²) in [5.41, 5.74) is 0.790. The largest absolute Gasteiger partial charge is 0.368 e. The molecule has 1 saturated heterocycles. The summed E-state index contributed by atoms with van der Waals surface area (Å²) in [4.78, 5) is 14.5. The summed E-state index contributed by atoms with van der Waals surface area (Å²) in [6, 6.07) is 7.71. The molecule has 106 valence electrons. The van der Waals surface area contributed by atoms with Crippen molar-refractivity contribution in [3.05, 3.63) is 33.4 Å². The quantitative estimate of drug-likeness (QED) is 0.455. The lowest BCUT2D eigenvalue weighted by atomic mass is 9.98. The zero-order valence-electron chi connectivity index (χ0n) is 11.3. The van der Waals surface area contributed by atoms with Crippen molar-refractivity contribution in [2.24, 2.45) is 5.92 Å². The van der Waals surface area contributed by atoms with E-state index >= 15 is 0 Å². The molecular weight excluding hydrogens is 365 g/mol. The molecule has 3 nitrogen and oxygen atoms in total. The highest BCUT2D eigenvalue weighted by atomic mass is 127. The SMILES string of the molecule is C#CCOCC1CCCN(C(=O)c2ccccc2I)C1. The number of ether oxygens (including phenoxy) is 1. The smallest absolute Gasteiger partial charge is 0.254 e. The number of amides is 1. The number of carbonyl (C=O) groups excluding carboxylic acids is 1. The van der Waals surface area contributed by atoms with Crippen LogP contribution in [-0.4, -0.2) is 37.1 Å². The molecule has 1 atom stereocenters. The zero-order valence-corrected chi connectivity index (χ0v) is 13.5. The predicted octanol–water partition coefficient (Wildman–Crippen LogP) is 2.79. The first kappa shape index (κ1) is 15.3. The van der Waals surface area contributed by atoms with Gasteiger partial charge in [-0.1, -0.05) is 18.1 Å². The lowest BCUT2D eigenvalue weighted by Crippen LogP contribution is -2.41. The van der Waals surface area contributed by atoms with E-state index in [1.165, 1.54) is 0 Å². The van der Waals surface area contributed by atoms with Crippen molar-refractivity contribution in [2.45, 2.75) is 12.8 Å². The fourth-order valence-corrected chi connectivity index (χ4v) is 3.09. The molecule has 0 aliphatic carbocycles. The van der Waals surface area contributed by atoms with Gasteiger partial charge in [-0.05, 0) is 47.6 Å². The summed E-state index contributed by atoms with van der Waals surface area (Å²) < 4.78 is 6.40. The van der Waals surface area contributed by atoms with E-state index in [4.69, 9.17) is 11.2 Å². The number of carbonyl (C=O) groups is 1. The average Bonchev–Trinajstić information content (AvgIpc) is 2.48. The van der Waals surface area contributed by atoms with Gasteiger partial charge in [0.15, 0.2) is 0 Å². The van der Waals surface area contributed by atoms with Crippen molar-refractivity contribution in [1.82, 2.24) is 4.90 Å². The van der Waals surface area contributed by atoms with Gasteiger partial charge in [-0.2, -0.15) is 0 Å². The number of terminal acetylenes is 1. The second-order valence-corrected chi connectivity index (χ2v) is 6.12. The molecule has 0 spiro atoms. The van der Waals surface area contributed by atoms with Crippen LogP contribution in [0.15, 0.2) is 24.3 Å². The first-order chi connectivity index (χ1) is 9.72. The van der Waals surface area contributed by atoms with Crippen molar-refractivity contribution in [3.8, 4) is 12.3 Å². The molecule has 0 aromatic heterocycles. The second kappa shape index (κ2) is 7.65. The molecule has 0 bridgehead atoms. The van der Waals surface area contributed by atoms with E-state index in [1.54, 1.807) is 0 Å². The molecule has 1 aromatic carbocycles. The number of piperidine rings is 1. The fraction of sp³-hybridized carbons (Fsp3) is 0.438. The predicted molar refractivity (Wildman–Crippen MR) is 87.4 cm³/mol. The number of hydrogen-bond acceptors (Lipinski definition) is 2. The Balaban J connectivity index is 1.97. The fourth-order valence-electron chi connectivity index (χ4n) is 2.48. The minimum absolute atomic E-state index is 0.122. The molecule has 1 amide bonds. The van der Waals surface area contributed by atoms with Crippen LogP contribution in [0.1, 0.15) is 23.2 Å². The maximum atomic E-state index is 12.5. The third-order valence-corrected chi connectivity index (χ3v) is 4.39. The molecule has 1 unspecified atom stereocenters. The van der Waals surface area contributed by atoms with Crippen molar-refractivity contribution in [2.75, 3.05) is 26.3 Å². The maximum absolute atomic E-state index is 12.5. The molecule has 1 aliphatic heterocycles. The van der Waals surface area contributed by atoms with Crippen LogP contribution in [0.25, 0.3) is 0 Å². The molecule has 2 rings (SSSR count). The Labute approximate surface area is 133 Å². The van der Waals surface area contributed by atoms with Crippen molar-refractivity contribution < 1.29 is 9.53 Å². The van der Waals surface area contributed by atoms with Crippen molar-refractivity contribution in [1.29, 1.82) is 0 Å². The van der Waals surface area contributed by atoms with Crippen molar-refractivity contribution >= 4 is 28.5 Å². The summed E-state index contributed by atoms with van der Waals surface area (Å²) in [5.74, 6) is 2.98. The summed E-state index contributed by atoms with van der Waals surface area (Å²) >= 11 is 2.21. The van der Waals surface area contributed by atoms with Crippen LogP contribution < -0.4 is 0 Å². The van der Waals surface area contributed by atoms with Crippen LogP contribution >= 0.6 is 22.6 Å². The summed E-state index contributed by atoms with van der Waals surface area (Å²) in [6.45, 7) is 2.57. The van der Waals surface area contributed by atoms with E-state index in [2.05, 4.69) is 28.5 Å². The number of likely N-dealkylation sites (tertiary alicyclic amines) is 1. The molecule has 1 aliphatic rings. The second-order valence-electron chi connectivity index (χ2n) is 4.96. The molecule has 1 aromatic rings. The lowest BCUT2D eigenvalue weighted by Gasteiger charge is -2.32. The van der Waals surface area contributed by atoms with Crippen LogP contribution in [0.3, 0.4) is 0 Å². The van der Waals surface area contributed by atoms with Gasteiger partial charge in [0, 0.05) is 22.6 Å². The molecule has 1 fully saturated rings. The third kappa shape index (κ3) is 3.97. The number of hydrogen-bond donors (Lipinski definition) is 0. The topological polar surface area (TPSA) is 29.5 Å². The Morgan fingerprint density at radius 2 is 2.30 bits per heavy atom. The van der Waals surface area contributed by atoms with E-state index in [9.17, 15) is 4.79 Å². The van der Waals surface area contributed by atoms with Gasteiger partial charge in [0.05, 0.1) is 12.2 Å². The lowest BCUT2D eigenvalue weighted by molar-refractivity contribution is 0.0533. The van der Waals surface area contributed by atoms with E-state index < -0.39 is 0 Å². The normalized spacial score (nSPS) is 18.6. The van der Waals surface area contributed by atoms with E-state index in [0.717, 1.165) is 35.1 Å². The minimum atomic E-state index is 0.122. The highest BCUT2D eigenvalue weighted by molar-refractivity contribution is 14.1. The standard InChI is InChI=1S/C16H18INO2/c1-2-10-20-12-13-6-5-9-18(11-13)16(19)14-7-3-4-8-15(14)17/h1,3-4,7-8,13H,5-6,9-12H2. The summed E-state index contributed by atoms with van der Waals surface area (Å²) in [7, 11) is 0. The maximum Gasteiger partial charge on any atom is 0.254 e. The van der Waals surface area contributed by atoms with E-state index in [0.29, 0.717) is 19.1 Å². The average molecular weight is 383 g/mol. The molecule has 1 heterocycles. The van der Waals surface area contributed by atoms with E-state index in [1.807, 2.05) is 29.2 Å². The highest BCUT2D eigenvalue weighted by Gasteiger charge is 2.25. The van der Waals surface area contributed by atoms with Gasteiger partial charge < -0.3 is 9.64 Å². The third-order valence-electron chi connectivity index (χ3n) is 3.45. The van der Waals surface area contributed by atoms with Gasteiger partial charge in [-0.25, -0.2) is 0 Å². The van der Waals surface area contributed by atoms with Crippen LogP contribution in [-0.2, 0) is 4.74 Å². The van der Waals surface area contributed by atoms with Crippen LogP contribution in [0.4, 0.5) is 0 Å². The first-order valence-electron chi connectivity index (χ1n) is 6.77. The van der Waals surface area contributed by atoms with Crippen LogP contribution in [0, 0.1) is 21.8 Å². The zero-order chi connectivity index (χ0) is 14.4. The molecule has 0 saturated carbocycles. The van der Waals surface area contributed by atoms with Gasteiger partial charge in [0.25, 0.3) is 5.91 Å². The Bertz CT molecular complexity index is 509. The Morgan fingerprint density at radius 3 is 3.05 bits per heavy atom. The molecule has 0 radical (unpaired) electrons. The highest BCUT2D eigenvalue weighted by Crippen LogP contribution is 2.21. The Hall–Kier alpha value is -1.06. The first-order valence-corrected chi connectivity index (χ1v) is 7.85. The van der Waals surface area contributed by atoms with Gasteiger partial charge >= 0.3 is 0 Å². The molecule has 0 N–H and O–H groups in total. The molecule has 20 heavy (non-hydrogen) atoms. The number of benzene rings is 1. The number of nitrogens with zero attached hydrogens (tertiary/aromatic N) is 1. The van der Waals surface area contributed by atoms with Crippen LogP contribution in [0.2, 0.25) is 0 Å². The number of halogens is 1. The summed E-state index contributed by atoms with van der Waals surface area (Å²) in [6.07, 6.45) is 7.30.